The molecule has 0 radical (unpaired) electrons. The Kier molecular flexibility index (Phi) is 2.06. The Balaban J connectivity index is 2.60. The summed E-state index contributed by atoms with van der Waals surface area (Å²) in [5, 5.41) is 1.19. The normalized spacial score (nSPS) is 11.4. The number of halogens is 1. The highest BCUT2D eigenvalue weighted by Gasteiger charge is 2.10. The SMILES string of the molecule is Cc1cc2sc3ccc(Cl)cc3c(=O)c2o1. The lowest BCUT2D eigenvalue weighted by Crippen LogP contribution is -1.98. The first-order valence-corrected chi connectivity index (χ1v) is 5.97. The molecule has 0 spiro atoms. The molecule has 1 aromatic carbocycles. The summed E-state index contributed by atoms with van der Waals surface area (Å²) in [5.74, 6) is 0.754. The Bertz CT molecular complexity index is 755. The molecule has 0 saturated carbocycles. The van der Waals surface area contributed by atoms with E-state index in [1.807, 2.05) is 19.1 Å². The van der Waals surface area contributed by atoms with E-state index < -0.39 is 0 Å². The molecule has 0 aliphatic heterocycles. The molecular weight excluding hydrogens is 244 g/mol. The predicted molar refractivity (Wildman–Crippen MR) is 67.6 cm³/mol. The van der Waals surface area contributed by atoms with E-state index in [-0.39, 0.29) is 5.43 Å². The van der Waals surface area contributed by atoms with Crippen molar-refractivity contribution in [3.8, 4) is 0 Å². The first kappa shape index (κ1) is 9.87. The molecule has 2 heterocycles. The molecule has 3 rings (SSSR count). The van der Waals surface area contributed by atoms with Gasteiger partial charge in [-0.1, -0.05) is 11.6 Å². The summed E-state index contributed by atoms with van der Waals surface area (Å²) < 4.78 is 7.22. The predicted octanol–water partition coefficient (Wildman–Crippen LogP) is 3.97. The molecule has 2 aromatic heterocycles. The van der Waals surface area contributed by atoms with Gasteiger partial charge in [-0.15, -0.1) is 11.3 Å². The standard InChI is InChI=1S/C12H7ClO2S/c1-6-4-10-12(15-6)11(14)8-5-7(13)2-3-9(8)16-10/h2-5H,1H3. The zero-order chi connectivity index (χ0) is 11.3. The average Bonchev–Trinajstić information content (AvgIpc) is 2.61. The topological polar surface area (TPSA) is 30.2 Å². The molecule has 0 saturated heterocycles. The van der Waals surface area contributed by atoms with Crippen LogP contribution in [0.4, 0.5) is 0 Å². The smallest absolute Gasteiger partial charge is 0.231 e. The molecule has 80 valence electrons. The van der Waals surface area contributed by atoms with Crippen LogP contribution in [0.3, 0.4) is 0 Å². The van der Waals surface area contributed by atoms with E-state index in [1.54, 1.807) is 23.5 Å². The minimum atomic E-state index is -0.0839. The van der Waals surface area contributed by atoms with E-state index >= 15 is 0 Å². The molecule has 0 atom stereocenters. The van der Waals surface area contributed by atoms with Gasteiger partial charge in [0, 0.05) is 15.1 Å². The Hall–Kier alpha value is -1.32. The maximum Gasteiger partial charge on any atom is 0.231 e. The third kappa shape index (κ3) is 1.36. The van der Waals surface area contributed by atoms with Gasteiger partial charge in [0.25, 0.3) is 0 Å². The molecule has 4 heteroatoms. The third-order valence-corrected chi connectivity index (χ3v) is 3.77. The van der Waals surface area contributed by atoms with Gasteiger partial charge in [-0.25, -0.2) is 0 Å². The van der Waals surface area contributed by atoms with Crippen molar-refractivity contribution in [2.24, 2.45) is 0 Å². The highest BCUT2D eigenvalue weighted by molar-refractivity contribution is 7.24. The van der Waals surface area contributed by atoms with Gasteiger partial charge in [-0.2, -0.15) is 0 Å². The molecular formula is C12H7ClO2S. The molecule has 0 unspecified atom stereocenters. The van der Waals surface area contributed by atoms with Gasteiger partial charge in [0.05, 0.1) is 4.70 Å². The summed E-state index contributed by atoms with van der Waals surface area (Å²) in [4.78, 5) is 12.1. The van der Waals surface area contributed by atoms with E-state index in [9.17, 15) is 4.79 Å². The Morgan fingerprint density at radius 3 is 2.88 bits per heavy atom. The van der Waals surface area contributed by atoms with Crippen molar-refractivity contribution in [1.29, 1.82) is 0 Å². The van der Waals surface area contributed by atoms with Crippen LogP contribution in [0.5, 0.6) is 0 Å². The average molecular weight is 251 g/mol. The summed E-state index contributed by atoms with van der Waals surface area (Å²) in [6.45, 7) is 1.84. The van der Waals surface area contributed by atoms with Gasteiger partial charge >= 0.3 is 0 Å². The minimum Gasteiger partial charge on any atom is -0.456 e. The van der Waals surface area contributed by atoms with Crippen LogP contribution in [0.25, 0.3) is 20.4 Å². The summed E-state index contributed by atoms with van der Waals surface area (Å²) in [7, 11) is 0. The summed E-state index contributed by atoms with van der Waals surface area (Å²) in [6, 6.07) is 7.23. The van der Waals surface area contributed by atoms with Gasteiger partial charge in [-0.3, -0.25) is 4.79 Å². The first-order chi connectivity index (χ1) is 7.65. The largest absolute Gasteiger partial charge is 0.456 e. The van der Waals surface area contributed by atoms with Gasteiger partial charge < -0.3 is 4.42 Å². The Labute approximate surface area is 100 Å². The van der Waals surface area contributed by atoms with Crippen LogP contribution in [-0.4, -0.2) is 0 Å². The summed E-state index contributed by atoms with van der Waals surface area (Å²) >= 11 is 7.42. The van der Waals surface area contributed by atoms with Crippen LogP contribution < -0.4 is 5.43 Å². The fraction of sp³-hybridized carbons (Fsp3) is 0.0833. The van der Waals surface area contributed by atoms with E-state index in [1.165, 1.54) is 0 Å². The molecule has 0 N–H and O–H groups in total. The lowest BCUT2D eigenvalue weighted by Gasteiger charge is -1.96. The molecule has 0 aliphatic rings. The van der Waals surface area contributed by atoms with E-state index in [0.29, 0.717) is 16.0 Å². The van der Waals surface area contributed by atoms with Crippen molar-refractivity contribution in [1.82, 2.24) is 0 Å². The zero-order valence-corrected chi connectivity index (χ0v) is 9.98. The summed E-state index contributed by atoms with van der Waals surface area (Å²) in [6.07, 6.45) is 0. The molecule has 0 fully saturated rings. The number of benzene rings is 1. The van der Waals surface area contributed by atoms with Crippen LogP contribution in [0, 0.1) is 6.92 Å². The molecule has 16 heavy (non-hydrogen) atoms. The number of hydrogen-bond acceptors (Lipinski definition) is 3. The number of rotatable bonds is 0. The highest BCUT2D eigenvalue weighted by Crippen LogP contribution is 2.28. The van der Waals surface area contributed by atoms with Gasteiger partial charge in [-0.05, 0) is 31.2 Å². The zero-order valence-electron chi connectivity index (χ0n) is 8.41. The fourth-order valence-corrected chi connectivity index (χ4v) is 2.99. The monoisotopic (exact) mass is 250 g/mol. The molecule has 0 amide bonds. The molecule has 2 nitrogen and oxygen atoms in total. The number of furan rings is 1. The maximum atomic E-state index is 12.1. The highest BCUT2D eigenvalue weighted by atomic mass is 35.5. The Morgan fingerprint density at radius 2 is 2.06 bits per heavy atom. The van der Waals surface area contributed by atoms with Crippen molar-refractivity contribution in [2.45, 2.75) is 6.92 Å². The van der Waals surface area contributed by atoms with E-state index in [0.717, 1.165) is 15.2 Å². The van der Waals surface area contributed by atoms with Crippen molar-refractivity contribution in [3.05, 3.63) is 45.3 Å². The van der Waals surface area contributed by atoms with Crippen LogP contribution in [0.15, 0.2) is 33.5 Å². The third-order valence-electron chi connectivity index (χ3n) is 2.43. The molecule has 0 aliphatic carbocycles. The molecule has 3 aromatic rings. The maximum absolute atomic E-state index is 12.1. The first-order valence-electron chi connectivity index (χ1n) is 4.77. The molecule has 0 bridgehead atoms. The number of aryl methyl sites for hydroxylation is 1. The fourth-order valence-electron chi connectivity index (χ4n) is 1.73. The van der Waals surface area contributed by atoms with E-state index in [2.05, 4.69) is 0 Å². The second-order valence-electron chi connectivity index (χ2n) is 3.62. The van der Waals surface area contributed by atoms with Crippen LogP contribution in [-0.2, 0) is 0 Å². The van der Waals surface area contributed by atoms with Gasteiger partial charge in [0.1, 0.15) is 5.76 Å². The second-order valence-corrected chi connectivity index (χ2v) is 5.14. The van der Waals surface area contributed by atoms with Crippen LogP contribution in [0.2, 0.25) is 5.02 Å². The van der Waals surface area contributed by atoms with Crippen molar-refractivity contribution < 1.29 is 4.42 Å². The Morgan fingerprint density at radius 1 is 1.25 bits per heavy atom. The van der Waals surface area contributed by atoms with E-state index in [4.69, 9.17) is 16.0 Å². The van der Waals surface area contributed by atoms with Gasteiger partial charge in [0.2, 0.25) is 5.43 Å². The lowest BCUT2D eigenvalue weighted by molar-refractivity contribution is 0.577. The van der Waals surface area contributed by atoms with Crippen molar-refractivity contribution in [3.63, 3.8) is 0 Å². The van der Waals surface area contributed by atoms with Gasteiger partial charge in [0.15, 0.2) is 5.58 Å². The number of hydrogen-bond donors (Lipinski definition) is 0. The van der Waals surface area contributed by atoms with Crippen LogP contribution in [0.1, 0.15) is 5.76 Å². The van der Waals surface area contributed by atoms with Crippen LogP contribution >= 0.6 is 22.9 Å². The number of fused-ring (bicyclic) bond motifs is 2. The summed E-state index contributed by atoms with van der Waals surface area (Å²) in [5.41, 5.74) is 0.344. The minimum absolute atomic E-state index is 0.0839. The van der Waals surface area contributed by atoms with Crippen molar-refractivity contribution in [2.75, 3.05) is 0 Å². The lowest BCUT2D eigenvalue weighted by atomic mass is 10.2. The second kappa shape index (κ2) is 3.34. The van der Waals surface area contributed by atoms with Crippen molar-refractivity contribution >= 4 is 43.3 Å². The quantitative estimate of drug-likeness (QED) is 0.604.